The highest BCUT2D eigenvalue weighted by atomic mass is 16.7. The van der Waals surface area contributed by atoms with Gasteiger partial charge in [0.2, 0.25) is 17.7 Å². The number of amides is 4. The number of benzene rings is 1. The third-order valence-corrected chi connectivity index (χ3v) is 7.44. The predicted octanol–water partition coefficient (Wildman–Crippen LogP) is 3.34. The van der Waals surface area contributed by atoms with Gasteiger partial charge in [-0.25, -0.2) is 9.69 Å². The van der Waals surface area contributed by atoms with Crippen molar-refractivity contribution in [2.24, 2.45) is 22.4 Å². The Kier molecular flexibility index (Phi) is 17.7. The van der Waals surface area contributed by atoms with Crippen molar-refractivity contribution in [2.45, 2.75) is 117 Å². The number of carbonyl (C=O) groups excluding carboxylic acids is 4. The minimum atomic E-state index is -1.09. The number of unbranched alkanes of at least 4 members (excludes halogenated alkanes) is 2. The highest BCUT2D eigenvalue weighted by molar-refractivity contribution is 6.01. The zero-order valence-corrected chi connectivity index (χ0v) is 27.9. The molecule has 3 atom stereocenters. The number of hydrogen-bond donors (Lipinski definition) is 4. The lowest BCUT2D eigenvalue weighted by Gasteiger charge is -2.31. The highest BCUT2D eigenvalue weighted by Crippen LogP contribution is 2.22. The molecular weight excluding hydrogens is 592 g/mol. The van der Waals surface area contributed by atoms with E-state index in [1.54, 1.807) is 12.1 Å². The fourth-order valence-corrected chi connectivity index (χ4v) is 4.97. The number of nitrogens with two attached hydrogens (primary N) is 2. The van der Waals surface area contributed by atoms with E-state index in [9.17, 15) is 19.2 Å². The summed E-state index contributed by atoms with van der Waals surface area (Å²) in [6.07, 6.45) is 3.43. The van der Waals surface area contributed by atoms with Gasteiger partial charge in [0.05, 0.1) is 6.04 Å². The number of imide groups is 1. The maximum absolute atomic E-state index is 13.8. The third-order valence-electron chi connectivity index (χ3n) is 7.44. The van der Waals surface area contributed by atoms with Gasteiger partial charge >= 0.3 is 6.09 Å². The number of hydrogen-bond acceptors (Lipinski definition) is 8. The molecule has 6 N–H and O–H groups in total. The number of rotatable bonds is 21. The van der Waals surface area contributed by atoms with Crippen molar-refractivity contribution < 1.29 is 33.4 Å². The molecule has 0 aliphatic carbocycles. The zero-order valence-electron chi connectivity index (χ0n) is 27.9. The van der Waals surface area contributed by atoms with Crippen LogP contribution in [0, 0.1) is 5.92 Å². The number of likely N-dealkylation sites (tertiary alicyclic amines) is 1. The summed E-state index contributed by atoms with van der Waals surface area (Å²) < 4.78 is 17.5. The largest absolute Gasteiger partial charge is 0.444 e. The van der Waals surface area contributed by atoms with Crippen molar-refractivity contribution in [3.8, 4) is 0 Å². The number of aliphatic imine (C=N–C) groups is 1. The molecule has 1 aromatic carbocycles. The van der Waals surface area contributed by atoms with E-state index in [4.69, 9.17) is 25.7 Å². The minimum Gasteiger partial charge on any atom is -0.444 e. The van der Waals surface area contributed by atoms with Gasteiger partial charge in [0.1, 0.15) is 18.7 Å². The van der Waals surface area contributed by atoms with Gasteiger partial charge in [-0.1, -0.05) is 70.9 Å². The first-order chi connectivity index (χ1) is 22.1. The second-order valence-corrected chi connectivity index (χ2v) is 11.9. The molecule has 0 unspecified atom stereocenters. The fraction of sp³-hybridized carbons (Fsp3) is 0.667. The maximum atomic E-state index is 13.8. The van der Waals surface area contributed by atoms with Crippen LogP contribution in [-0.4, -0.2) is 78.8 Å². The van der Waals surface area contributed by atoms with Crippen molar-refractivity contribution >= 4 is 29.8 Å². The Morgan fingerprint density at radius 1 is 1.00 bits per heavy atom. The van der Waals surface area contributed by atoms with E-state index in [1.165, 1.54) is 0 Å². The summed E-state index contributed by atoms with van der Waals surface area (Å²) >= 11 is 0. The normalized spacial score (nSPS) is 15.9. The first kappa shape index (κ1) is 38.5. The third kappa shape index (κ3) is 13.7. The summed E-state index contributed by atoms with van der Waals surface area (Å²) in [6, 6.07) is 6.49. The molecule has 1 aliphatic rings. The van der Waals surface area contributed by atoms with Gasteiger partial charge in [0.15, 0.2) is 12.2 Å². The summed E-state index contributed by atoms with van der Waals surface area (Å²) in [7, 11) is 0. The molecule has 1 fully saturated rings. The second kappa shape index (κ2) is 21.2. The number of nitrogens with zero attached hydrogens (tertiary/aromatic N) is 2. The predicted molar refractivity (Wildman–Crippen MR) is 175 cm³/mol. The Morgan fingerprint density at radius 3 is 2.24 bits per heavy atom. The maximum Gasteiger partial charge on any atom is 0.417 e. The molecule has 0 aromatic heterocycles. The average molecular weight is 647 g/mol. The van der Waals surface area contributed by atoms with Crippen LogP contribution >= 0.6 is 0 Å². The van der Waals surface area contributed by atoms with Crippen LogP contribution in [0.25, 0.3) is 0 Å². The molecule has 13 heteroatoms. The van der Waals surface area contributed by atoms with Crippen LogP contribution in [0.5, 0.6) is 0 Å². The summed E-state index contributed by atoms with van der Waals surface area (Å²) in [5, 5.41) is 5.87. The SMILES string of the molecule is CCCCOC(OCCCC)[C@H](CCCN=C(N)N)NC(=O)[C@H](CC(C)C)NC(=O)[C@H]1CCC(=O)N1C(=O)OCc1ccccc1. The molecule has 1 aliphatic heterocycles. The van der Waals surface area contributed by atoms with Crippen LogP contribution in [0.4, 0.5) is 4.79 Å². The lowest BCUT2D eigenvalue weighted by Crippen LogP contribution is -2.57. The van der Waals surface area contributed by atoms with Gasteiger partial charge in [0.25, 0.3) is 0 Å². The Balaban J connectivity index is 2.19. The Labute approximate surface area is 273 Å². The van der Waals surface area contributed by atoms with Crippen LogP contribution in [0.1, 0.15) is 91.0 Å². The van der Waals surface area contributed by atoms with Crippen LogP contribution in [0.3, 0.4) is 0 Å². The summed E-state index contributed by atoms with van der Waals surface area (Å²) in [5.41, 5.74) is 11.7. The molecule has 0 radical (unpaired) electrons. The number of nitrogens with one attached hydrogen (secondary N) is 2. The van der Waals surface area contributed by atoms with E-state index in [1.807, 2.05) is 32.0 Å². The van der Waals surface area contributed by atoms with Crippen molar-refractivity contribution in [3.05, 3.63) is 35.9 Å². The molecule has 2 rings (SSSR count). The summed E-state index contributed by atoms with van der Waals surface area (Å²) in [6.45, 7) is 9.26. The highest BCUT2D eigenvalue weighted by Gasteiger charge is 2.42. The van der Waals surface area contributed by atoms with Gasteiger partial charge in [-0.15, -0.1) is 0 Å². The first-order valence-corrected chi connectivity index (χ1v) is 16.5. The van der Waals surface area contributed by atoms with Gasteiger partial charge in [-0.2, -0.15) is 0 Å². The average Bonchev–Trinajstić information content (AvgIpc) is 3.42. The molecule has 258 valence electrons. The van der Waals surface area contributed by atoms with Gasteiger partial charge in [-0.3, -0.25) is 19.4 Å². The zero-order chi connectivity index (χ0) is 33.9. The Hall–Kier alpha value is -3.71. The smallest absolute Gasteiger partial charge is 0.417 e. The van der Waals surface area contributed by atoms with Crippen molar-refractivity contribution in [3.63, 3.8) is 0 Å². The van der Waals surface area contributed by atoms with Crippen molar-refractivity contribution in [1.29, 1.82) is 0 Å². The Bertz CT molecular complexity index is 1100. The fourth-order valence-electron chi connectivity index (χ4n) is 4.97. The molecule has 1 saturated heterocycles. The molecule has 4 amide bonds. The van der Waals surface area contributed by atoms with E-state index in [0.717, 1.165) is 36.1 Å². The van der Waals surface area contributed by atoms with E-state index < -0.39 is 48.2 Å². The van der Waals surface area contributed by atoms with Gasteiger partial charge in [-0.05, 0) is 50.0 Å². The number of guanidine groups is 1. The van der Waals surface area contributed by atoms with E-state index in [0.29, 0.717) is 39.0 Å². The second-order valence-electron chi connectivity index (χ2n) is 11.9. The van der Waals surface area contributed by atoms with Gasteiger partial charge < -0.3 is 36.3 Å². The molecule has 0 saturated carbocycles. The van der Waals surface area contributed by atoms with E-state index >= 15 is 0 Å². The van der Waals surface area contributed by atoms with Crippen LogP contribution < -0.4 is 22.1 Å². The summed E-state index contributed by atoms with van der Waals surface area (Å²) in [4.78, 5) is 57.8. The van der Waals surface area contributed by atoms with E-state index in [2.05, 4.69) is 29.5 Å². The van der Waals surface area contributed by atoms with Crippen LogP contribution in [0.2, 0.25) is 0 Å². The quantitative estimate of drug-likeness (QED) is 0.0672. The van der Waals surface area contributed by atoms with Crippen LogP contribution in [-0.2, 0) is 35.2 Å². The van der Waals surface area contributed by atoms with Gasteiger partial charge in [0, 0.05) is 26.2 Å². The first-order valence-electron chi connectivity index (χ1n) is 16.5. The topological polar surface area (TPSA) is 188 Å². The molecule has 0 bridgehead atoms. The molecular formula is C33H54N6O7. The minimum absolute atomic E-state index is 0.0152. The molecule has 1 heterocycles. The Morgan fingerprint density at radius 2 is 1.65 bits per heavy atom. The molecule has 0 spiro atoms. The van der Waals surface area contributed by atoms with Crippen molar-refractivity contribution in [1.82, 2.24) is 15.5 Å². The van der Waals surface area contributed by atoms with Crippen molar-refractivity contribution in [2.75, 3.05) is 19.8 Å². The summed E-state index contributed by atoms with van der Waals surface area (Å²) in [5.74, 6) is -1.48. The monoisotopic (exact) mass is 646 g/mol. The lowest BCUT2D eigenvalue weighted by atomic mass is 10.0. The standard InChI is InChI=1S/C33H54N6O7/c1-5-7-19-44-31(45-20-8-6-2)25(15-12-18-36-32(34)35)37-29(41)26(21-23(3)4)38-30(42)27-16-17-28(40)39(27)33(43)46-22-24-13-10-9-11-14-24/h9-11,13-14,23,25-27,31H,5-8,12,15-22H2,1-4H3,(H,37,41)(H,38,42)(H4,34,35,36)/t25-,26-,27+/m0/s1. The van der Waals surface area contributed by atoms with E-state index in [-0.39, 0.29) is 31.3 Å². The lowest BCUT2D eigenvalue weighted by molar-refractivity contribution is -0.166. The molecule has 1 aromatic rings. The molecule has 46 heavy (non-hydrogen) atoms. The molecule has 13 nitrogen and oxygen atoms in total. The number of carbonyl (C=O) groups is 4. The number of ether oxygens (including phenoxy) is 3. The van der Waals surface area contributed by atoms with Crippen LogP contribution in [0.15, 0.2) is 35.3 Å².